The van der Waals surface area contributed by atoms with Gasteiger partial charge in [-0.15, -0.1) is 0 Å². The molecule has 24 heavy (non-hydrogen) atoms. The van der Waals surface area contributed by atoms with Crippen molar-refractivity contribution < 1.29 is 4.79 Å². The number of benzene rings is 1. The fraction of sp³-hybridized carbons (Fsp3) is 0.125. The number of aromatic nitrogens is 1. The van der Waals surface area contributed by atoms with Gasteiger partial charge in [0.2, 0.25) is 5.91 Å². The SMILES string of the molecule is O=C(CC(C=C(Cl)Cl)c1cc(Cl)nc(Cl)c1)Nc1ccc(Cl)cc1. The molecule has 126 valence electrons. The van der Waals surface area contributed by atoms with Gasteiger partial charge < -0.3 is 5.32 Å². The Balaban J connectivity index is 2.17. The first-order valence-corrected chi connectivity index (χ1v) is 8.63. The van der Waals surface area contributed by atoms with Gasteiger partial charge in [-0.25, -0.2) is 4.98 Å². The number of carbonyl (C=O) groups is 1. The summed E-state index contributed by atoms with van der Waals surface area (Å²) in [6.07, 6.45) is 1.65. The third kappa shape index (κ3) is 6.15. The fourth-order valence-electron chi connectivity index (χ4n) is 2.07. The van der Waals surface area contributed by atoms with E-state index in [0.717, 1.165) is 0 Å². The van der Waals surface area contributed by atoms with Crippen molar-refractivity contribution in [1.29, 1.82) is 0 Å². The van der Waals surface area contributed by atoms with Crippen LogP contribution in [0.15, 0.2) is 47.0 Å². The monoisotopic (exact) mass is 422 g/mol. The quantitative estimate of drug-likeness (QED) is 0.559. The van der Waals surface area contributed by atoms with E-state index in [1.54, 1.807) is 42.5 Å². The molecule has 1 heterocycles. The molecule has 1 N–H and O–H groups in total. The summed E-state index contributed by atoms with van der Waals surface area (Å²) in [6.45, 7) is 0. The summed E-state index contributed by atoms with van der Waals surface area (Å²) in [4.78, 5) is 16.2. The van der Waals surface area contributed by atoms with E-state index in [0.29, 0.717) is 16.3 Å². The molecule has 1 unspecified atom stereocenters. The van der Waals surface area contributed by atoms with Gasteiger partial charge in [0.1, 0.15) is 14.8 Å². The second-order valence-electron chi connectivity index (χ2n) is 4.87. The van der Waals surface area contributed by atoms with Crippen molar-refractivity contribution in [1.82, 2.24) is 4.98 Å². The molecule has 1 aromatic carbocycles. The average Bonchev–Trinajstić information content (AvgIpc) is 2.47. The van der Waals surface area contributed by atoms with Crippen molar-refractivity contribution in [2.45, 2.75) is 12.3 Å². The number of pyridine rings is 1. The maximum absolute atomic E-state index is 12.3. The Morgan fingerprint density at radius 1 is 1.08 bits per heavy atom. The molecule has 1 atom stereocenters. The third-order valence-electron chi connectivity index (χ3n) is 3.07. The number of rotatable bonds is 5. The molecule has 0 radical (unpaired) electrons. The molecule has 0 saturated carbocycles. The van der Waals surface area contributed by atoms with Crippen molar-refractivity contribution in [3.63, 3.8) is 0 Å². The summed E-state index contributed by atoms with van der Waals surface area (Å²) >= 11 is 29.2. The van der Waals surface area contributed by atoms with Gasteiger partial charge in [-0.2, -0.15) is 0 Å². The number of nitrogens with one attached hydrogen (secondary N) is 1. The number of amides is 1. The maximum Gasteiger partial charge on any atom is 0.225 e. The van der Waals surface area contributed by atoms with Crippen LogP contribution in [0.5, 0.6) is 0 Å². The summed E-state index contributed by atoms with van der Waals surface area (Å²) in [5.41, 5.74) is 1.32. The summed E-state index contributed by atoms with van der Waals surface area (Å²) in [7, 11) is 0. The summed E-state index contributed by atoms with van der Waals surface area (Å²) in [5, 5.41) is 3.81. The zero-order valence-electron chi connectivity index (χ0n) is 12.1. The molecule has 0 aliphatic heterocycles. The van der Waals surface area contributed by atoms with Crippen molar-refractivity contribution in [2.75, 3.05) is 5.32 Å². The van der Waals surface area contributed by atoms with E-state index in [4.69, 9.17) is 58.0 Å². The minimum Gasteiger partial charge on any atom is -0.326 e. The number of nitrogens with zero attached hydrogens (tertiary/aromatic N) is 1. The molecule has 8 heteroatoms. The van der Waals surface area contributed by atoms with Crippen LogP contribution >= 0.6 is 58.0 Å². The lowest BCUT2D eigenvalue weighted by Crippen LogP contribution is -2.15. The van der Waals surface area contributed by atoms with E-state index in [1.165, 1.54) is 0 Å². The van der Waals surface area contributed by atoms with Crippen molar-refractivity contribution in [3.8, 4) is 0 Å². The lowest BCUT2D eigenvalue weighted by atomic mass is 9.96. The Kier molecular flexibility index (Phi) is 7.20. The molecule has 0 fully saturated rings. The molecule has 0 aliphatic carbocycles. The van der Waals surface area contributed by atoms with Gasteiger partial charge in [0.25, 0.3) is 0 Å². The normalized spacial score (nSPS) is 11.7. The first-order valence-electron chi connectivity index (χ1n) is 6.74. The van der Waals surface area contributed by atoms with Crippen LogP contribution in [-0.4, -0.2) is 10.9 Å². The van der Waals surface area contributed by atoms with Crippen molar-refractivity contribution in [3.05, 3.63) is 67.9 Å². The van der Waals surface area contributed by atoms with Crippen LogP contribution in [0, 0.1) is 0 Å². The topological polar surface area (TPSA) is 42.0 Å². The number of anilines is 1. The summed E-state index contributed by atoms with van der Waals surface area (Å²) in [5.74, 6) is -0.627. The minimum atomic E-state index is -0.402. The van der Waals surface area contributed by atoms with Crippen molar-refractivity contribution in [2.24, 2.45) is 0 Å². The highest BCUT2D eigenvalue weighted by molar-refractivity contribution is 6.55. The molecule has 1 aromatic heterocycles. The van der Waals surface area contributed by atoms with Crippen LogP contribution in [0.1, 0.15) is 17.9 Å². The lowest BCUT2D eigenvalue weighted by Gasteiger charge is -2.14. The highest BCUT2D eigenvalue weighted by atomic mass is 35.5. The average molecular weight is 425 g/mol. The molecule has 0 bridgehead atoms. The van der Waals surface area contributed by atoms with E-state index in [9.17, 15) is 4.79 Å². The standard InChI is InChI=1S/C16H11Cl5N2O/c17-11-1-3-12(4-2-11)22-16(24)8-9(5-13(18)19)10-6-14(20)23-15(21)7-10/h1-7,9H,8H2,(H,22,24). The Hall–Kier alpha value is -0.970. The largest absolute Gasteiger partial charge is 0.326 e. The summed E-state index contributed by atoms with van der Waals surface area (Å²) < 4.78 is 0.0448. The van der Waals surface area contributed by atoms with Crippen molar-refractivity contribution >= 4 is 69.6 Å². The fourth-order valence-corrected chi connectivity index (χ4v) is 2.97. The molecule has 2 aromatic rings. The van der Waals surface area contributed by atoms with Gasteiger partial charge in [-0.05, 0) is 48.0 Å². The second-order valence-corrected chi connectivity index (χ2v) is 7.09. The van der Waals surface area contributed by atoms with Crippen LogP contribution in [0.3, 0.4) is 0 Å². The Bertz CT molecular complexity index is 737. The molecule has 1 amide bonds. The molecule has 0 saturated heterocycles. The van der Waals surface area contributed by atoms with Gasteiger partial charge in [0.15, 0.2) is 0 Å². The van der Waals surface area contributed by atoms with Crippen LogP contribution in [0.4, 0.5) is 5.69 Å². The first-order chi connectivity index (χ1) is 11.3. The van der Waals surface area contributed by atoms with E-state index in [-0.39, 0.29) is 27.1 Å². The van der Waals surface area contributed by atoms with E-state index < -0.39 is 5.92 Å². The zero-order valence-corrected chi connectivity index (χ0v) is 15.9. The molecule has 0 spiro atoms. The highest BCUT2D eigenvalue weighted by Gasteiger charge is 2.16. The number of allylic oxidation sites excluding steroid dienone is 1. The predicted molar refractivity (Wildman–Crippen MR) is 101 cm³/mol. The molecule has 0 aliphatic rings. The number of hydrogen-bond acceptors (Lipinski definition) is 2. The van der Waals surface area contributed by atoms with Gasteiger partial charge in [0, 0.05) is 23.0 Å². The van der Waals surface area contributed by atoms with E-state index in [1.807, 2.05) is 0 Å². The van der Waals surface area contributed by atoms with E-state index >= 15 is 0 Å². The highest BCUT2D eigenvalue weighted by Crippen LogP contribution is 2.29. The second kappa shape index (κ2) is 8.93. The van der Waals surface area contributed by atoms with Gasteiger partial charge in [0.05, 0.1) is 0 Å². The van der Waals surface area contributed by atoms with Crippen LogP contribution in [-0.2, 0) is 4.79 Å². The molecular weight excluding hydrogens is 413 g/mol. The number of carbonyl (C=O) groups excluding carboxylic acids is 1. The first kappa shape index (κ1) is 19.4. The summed E-state index contributed by atoms with van der Waals surface area (Å²) in [6, 6.07) is 10.0. The van der Waals surface area contributed by atoms with Crippen LogP contribution < -0.4 is 5.32 Å². The Labute approximate surface area is 164 Å². The molecule has 2 rings (SSSR count). The van der Waals surface area contributed by atoms with Gasteiger partial charge >= 0.3 is 0 Å². The molecular formula is C16H11Cl5N2O. The third-order valence-corrected chi connectivity index (χ3v) is 3.96. The lowest BCUT2D eigenvalue weighted by molar-refractivity contribution is -0.116. The Morgan fingerprint density at radius 3 is 2.21 bits per heavy atom. The smallest absolute Gasteiger partial charge is 0.225 e. The van der Waals surface area contributed by atoms with Crippen LogP contribution in [0.2, 0.25) is 15.3 Å². The number of hydrogen-bond donors (Lipinski definition) is 1. The van der Waals surface area contributed by atoms with E-state index in [2.05, 4.69) is 10.3 Å². The number of halogens is 5. The van der Waals surface area contributed by atoms with Gasteiger partial charge in [-0.3, -0.25) is 4.79 Å². The predicted octanol–water partition coefficient (Wildman–Crippen LogP) is 6.47. The minimum absolute atomic E-state index is 0.0448. The zero-order chi connectivity index (χ0) is 17.7. The maximum atomic E-state index is 12.3. The van der Waals surface area contributed by atoms with Crippen LogP contribution in [0.25, 0.3) is 0 Å². The van der Waals surface area contributed by atoms with Gasteiger partial charge in [-0.1, -0.05) is 58.0 Å². The Morgan fingerprint density at radius 2 is 1.67 bits per heavy atom. The molecule has 3 nitrogen and oxygen atoms in total.